The van der Waals surface area contributed by atoms with Crippen LogP contribution >= 0.6 is 35.5 Å². The molecule has 3 N–H and O–H groups in total. The molecule has 0 saturated carbocycles. The lowest BCUT2D eigenvalue weighted by Gasteiger charge is -2.36. The molecule has 1 saturated heterocycles. The number of benzene rings is 1. The fraction of sp³-hybridized carbons (Fsp3) is 0.474. The van der Waals surface area contributed by atoms with Crippen molar-refractivity contribution in [2.24, 2.45) is 10.7 Å². The number of nitrogens with one attached hydrogen (secondary N) is 1. The van der Waals surface area contributed by atoms with Crippen molar-refractivity contribution in [3.05, 3.63) is 41.2 Å². The molecule has 1 amide bonds. The molecule has 10 heteroatoms. The quantitative estimate of drug-likeness (QED) is 0.338. The first kappa shape index (κ1) is 23.3. The second-order valence-electron chi connectivity index (χ2n) is 6.55. The minimum Gasteiger partial charge on any atom is -0.366 e. The number of aryl methyl sites for hydroxylation is 1. The maximum absolute atomic E-state index is 11.2. The molecular formula is C19H28IN7OS. The molecule has 0 aliphatic carbocycles. The number of nitrogens with two attached hydrogens (primary N) is 1. The predicted octanol–water partition coefficient (Wildman–Crippen LogP) is 2.11. The first-order valence-electron chi connectivity index (χ1n) is 9.60. The number of rotatable bonds is 6. The zero-order chi connectivity index (χ0) is 19.9. The van der Waals surface area contributed by atoms with Crippen molar-refractivity contribution in [2.45, 2.75) is 26.8 Å². The summed E-state index contributed by atoms with van der Waals surface area (Å²) in [5, 5.41) is 4.39. The van der Waals surface area contributed by atoms with Gasteiger partial charge in [0.25, 0.3) is 0 Å². The number of amides is 1. The molecule has 2 aromatic rings. The Morgan fingerprint density at radius 3 is 2.45 bits per heavy atom. The Balaban J connectivity index is 0.00000300. The van der Waals surface area contributed by atoms with Crippen LogP contribution in [0.5, 0.6) is 0 Å². The molecule has 1 aromatic carbocycles. The van der Waals surface area contributed by atoms with E-state index in [1.165, 1.54) is 11.5 Å². The topological polar surface area (TPSA) is 99.7 Å². The number of anilines is 1. The molecule has 1 aromatic heterocycles. The van der Waals surface area contributed by atoms with E-state index in [0.717, 1.165) is 61.6 Å². The van der Waals surface area contributed by atoms with Gasteiger partial charge in [-0.1, -0.05) is 19.1 Å². The lowest BCUT2D eigenvalue weighted by atomic mass is 10.1. The van der Waals surface area contributed by atoms with Crippen LogP contribution in [0.1, 0.15) is 35.6 Å². The first-order chi connectivity index (χ1) is 13.6. The van der Waals surface area contributed by atoms with Crippen LogP contribution in [0.4, 0.5) is 5.13 Å². The van der Waals surface area contributed by atoms with Crippen LogP contribution in [0.25, 0.3) is 0 Å². The Kier molecular flexibility index (Phi) is 9.08. The molecule has 1 fully saturated rings. The summed E-state index contributed by atoms with van der Waals surface area (Å²) in [4.78, 5) is 25.1. The van der Waals surface area contributed by atoms with Gasteiger partial charge in [0.1, 0.15) is 5.82 Å². The number of aromatic nitrogens is 2. The number of hydrogen-bond acceptors (Lipinski definition) is 6. The molecule has 0 atom stereocenters. The van der Waals surface area contributed by atoms with Gasteiger partial charge in [-0.15, -0.1) is 24.0 Å². The summed E-state index contributed by atoms with van der Waals surface area (Å²) in [6.45, 7) is 9.08. The van der Waals surface area contributed by atoms with Crippen molar-refractivity contribution in [2.75, 3.05) is 37.6 Å². The Bertz CT molecular complexity index is 816. The van der Waals surface area contributed by atoms with E-state index in [1.807, 2.05) is 12.1 Å². The number of halogens is 1. The second-order valence-corrected chi connectivity index (χ2v) is 7.28. The molecule has 8 nitrogen and oxygen atoms in total. The van der Waals surface area contributed by atoms with Gasteiger partial charge in [0.15, 0.2) is 5.96 Å². The van der Waals surface area contributed by atoms with Crippen molar-refractivity contribution in [3.63, 3.8) is 0 Å². The Labute approximate surface area is 192 Å². The van der Waals surface area contributed by atoms with E-state index >= 15 is 0 Å². The van der Waals surface area contributed by atoms with Crippen LogP contribution < -0.4 is 16.0 Å². The number of guanidine groups is 1. The Hall–Kier alpha value is -1.95. The normalized spacial score (nSPS) is 14.5. The van der Waals surface area contributed by atoms with Gasteiger partial charge in [-0.3, -0.25) is 4.79 Å². The number of aliphatic imine (C=N–C) groups is 1. The average molecular weight is 529 g/mol. The lowest BCUT2D eigenvalue weighted by Crippen LogP contribution is -2.52. The Morgan fingerprint density at radius 1 is 1.21 bits per heavy atom. The molecule has 3 rings (SSSR count). The van der Waals surface area contributed by atoms with E-state index in [0.29, 0.717) is 12.1 Å². The monoisotopic (exact) mass is 529 g/mol. The van der Waals surface area contributed by atoms with Crippen LogP contribution in [-0.2, 0) is 13.0 Å². The van der Waals surface area contributed by atoms with Crippen LogP contribution in [0.2, 0.25) is 0 Å². The molecule has 0 radical (unpaired) electrons. The van der Waals surface area contributed by atoms with E-state index in [9.17, 15) is 4.79 Å². The molecule has 158 valence electrons. The maximum Gasteiger partial charge on any atom is 0.248 e. The minimum absolute atomic E-state index is 0. The molecule has 0 spiro atoms. The van der Waals surface area contributed by atoms with E-state index in [1.54, 1.807) is 12.1 Å². The average Bonchev–Trinajstić information content (AvgIpc) is 3.21. The van der Waals surface area contributed by atoms with Crippen molar-refractivity contribution in [1.29, 1.82) is 0 Å². The summed E-state index contributed by atoms with van der Waals surface area (Å²) in [5.74, 6) is 1.41. The molecule has 1 aliphatic heterocycles. The van der Waals surface area contributed by atoms with Crippen LogP contribution in [0.15, 0.2) is 29.3 Å². The minimum atomic E-state index is -0.414. The Morgan fingerprint density at radius 2 is 1.90 bits per heavy atom. The fourth-order valence-electron chi connectivity index (χ4n) is 2.99. The number of primary amides is 1. The first-order valence-corrected chi connectivity index (χ1v) is 10.4. The third kappa shape index (κ3) is 6.26. The fourth-order valence-corrected chi connectivity index (χ4v) is 3.79. The van der Waals surface area contributed by atoms with Gasteiger partial charge in [-0.25, -0.2) is 9.98 Å². The second kappa shape index (κ2) is 11.3. The smallest absolute Gasteiger partial charge is 0.248 e. The number of piperazine rings is 1. The van der Waals surface area contributed by atoms with Crippen molar-refractivity contribution in [1.82, 2.24) is 19.6 Å². The van der Waals surface area contributed by atoms with Crippen LogP contribution in [0, 0.1) is 0 Å². The van der Waals surface area contributed by atoms with E-state index in [4.69, 9.17) is 10.7 Å². The molecule has 1 aliphatic rings. The standard InChI is InChI=1S/C19H27N7OS.HI/c1-3-16-23-19(28-24-16)26-11-9-25(10-12-26)18(21-4-2)22-13-14-5-7-15(8-6-14)17(20)27;/h5-8H,3-4,9-13H2,1-2H3,(H2,20,27)(H,21,22);1H. The van der Waals surface area contributed by atoms with Crippen LogP contribution in [0.3, 0.4) is 0 Å². The van der Waals surface area contributed by atoms with Gasteiger partial charge in [-0.05, 0) is 24.6 Å². The third-order valence-electron chi connectivity index (χ3n) is 4.61. The lowest BCUT2D eigenvalue weighted by molar-refractivity contribution is 0.100. The zero-order valence-corrected chi connectivity index (χ0v) is 19.9. The summed E-state index contributed by atoms with van der Waals surface area (Å²) in [6.07, 6.45) is 0.869. The highest BCUT2D eigenvalue weighted by Gasteiger charge is 2.22. The molecule has 0 unspecified atom stereocenters. The summed E-state index contributed by atoms with van der Waals surface area (Å²) in [5.41, 5.74) is 6.85. The molecule has 2 heterocycles. The summed E-state index contributed by atoms with van der Waals surface area (Å²) in [6, 6.07) is 7.27. The third-order valence-corrected chi connectivity index (χ3v) is 5.42. The van der Waals surface area contributed by atoms with E-state index < -0.39 is 5.91 Å². The zero-order valence-electron chi connectivity index (χ0n) is 16.8. The van der Waals surface area contributed by atoms with Crippen molar-refractivity contribution < 1.29 is 4.79 Å². The van der Waals surface area contributed by atoms with Gasteiger partial charge in [0.05, 0.1) is 6.54 Å². The molecule has 29 heavy (non-hydrogen) atoms. The van der Waals surface area contributed by atoms with Gasteiger partial charge in [-0.2, -0.15) is 4.37 Å². The number of carbonyl (C=O) groups is 1. The van der Waals surface area contributed by atoms with Gasteiger partial charge in [0.2, 0.25) is 11.0 Å². The van der Waals surface area contributed by atoms with Gasteiger partial charge in [0, 0.05) is 56.2 Å². The number of carbonyl (C=O) groups excluding carboxylic acids is 1. The van der Waals surface area contributed by atoms with Crippen LogP contribution in [-0.4, -0.2) is 58.8 Å². The molecular weight excluding hydrogens is 501 g/mol. The predicted molar refractivity (Wildman–Crippen MR) is 128 cm³/mol. The SMILES string of the molecule is CCNC(=NCc1ccc(C(N)=O)cc1)N1CCN(c2nc(CC)ns2)CC1.I. The number of nitrogens with zero attached hydrogens (tertiary/aromatic N) is 5. The van der Waals surface area contributed by atoms with Crippen molar-refractivity contribution in [3.8, 4) is 0 Å². The van der Waals surface area contributed by atoms with E-state index in [-0.39, 0.29) is 24.0 Å². The highest BCUT2D eigenvalue weighted by molar-refractivity contribution is 14.0. The van der Waals surface area contributed by atoms with Gasteiger partial charge < -0.3 is 20.9 Å². The summed E-state index contributed by atoms with van der Waals surface area (Å²) < 4.78 is 4.38. The molecule has 0 bridgehead atoms. The largest absolute Gasteiger partial charge is 0.366 e. The van der Waals surface area contributed by atoms with E-state index in [2.05, 4.69) is 38.3 Å². The number of hydrogen-bond donors (Lipinski definition) is 2. The summed E-state index contributed by atoms with van der Waals surface area (Å²) in [7, 11) is 0. The highest BCUT2D eigenvalue weighted by atomic mass is 127. The van der Waals surface area contributed by atoms with Gasteiger partial charge >= 0.3 is 0 Å². The highest BCUT2D eigenvalue weighted by Crippen LogP contribution is 2.19. The maximum atomic E-state index is 11.2. The summed E-state index contributed by atoms with van der Waals surface area (Å²) >= 11 is 1.48. The van der Waals surface area contributed by atoms with Crippen molar-refractivity contribution >= 4 is 52.5 Å².